The van der Waals surface area contributed by atoms with E-state index in [0.29, 0.717) is 19.8 Å². The monoisotopic (exact) mass is 376 g/mol. The first-order valence-corrected chi connectivity index (χ1v) is 9.94. The highest BCUT2D eigenvalue weighted by atomic mass is 32.1. The SMILES string of the molecule is O=C(CN1CCN(Cc2csc(-c3ccco3)n2)CC1)N1CCOCC1. The number of carbonyl (C=O) groups is 1. The molecule has 0 bridgehead atoms. The van der Waals surface area contributed by atoms with Gasteiger partial charge in [-0.15, -0.1) is 11.3 Å². The van der Waals surface area contributed by atoms with E-state index in [1.54, 1.807) is 17.6 Å². The van der Waals surface area contributed by atoms with Gasteiger partial charge in [0, 0.05) is 51.2 Å². The van der Waals surface area contributed by atoms with Crippen molar-refractivity contribution in [1.29, 1.82) is 0 Å². The Balaban J connectivity index is 1.23. The summed E-state index contributed by atoms with van der Waals surface area (Å²) in [5.74, 6) is 1.05. The van der Waals surface area contributed by atoms with E-state index in [1.165, 1.54) is 0 Å². The molecule has 0 saturated carbocycles. The molecular formula is C18H24N4O3S. The summed E-state index contributed by atoms with van der Waals surface area (Å²) in [4.78, 5) is 23.6. The predicted octanol–water partition coefficient (Wildman–Crippen LogP) is 1.38. The van der Waals surface area contributed by atoms with Crippen molar-refractivity contribution in [2.24, 2.45) is 0 Å². The van der Waals surface area contributed by atoms with E-state index in [2.05, 4.69) is 20.2 Å². The number of carbonyl (C=O) groups excluding carboxylic acids is 1. The predicted molar refractivity (Wildman–Crippen MR) is 98.9 cm³/mol. The molecule has 0 spiro atoms. The minimum absolute atomic E-state index is 0.226. The van der Waals surface area contributed by atoms with Crippen LogP contribution in [0.5, 0.6) is 0 Å². The molecule has 0 unspecified atom stereocenters. The van der Waals surface area contributed by atoms with E-state index in [9.17, 15) is 4.79 Å². The molecule has 1 amide bonds. The number of aromatic nitrogens is 1. The van der Waals surface area contributed by atoms with Gasteiger partial charge in [-0.3, -0.25) is 14.6 Å². The summed E-state index contributed by atoms with van der Waals surface area (Å²) in [6.07, 6.45) is 1.67. The Hall–Kier alpha value is -1.74. The Bertz CT molecular complexity index is 704. The summed E-state index contributed by atoms with van der Waals surface area (Å²) in [7, 11) is 0. The highest BCUT2D eigenvalue weighted by molar-refractivity contribution is 7.13. The van der Waals surface area contributed by atoms with Crippen molar-refractivity contribution >= 4 is 17.2 Å². The molecule has 2 saturated heterocycles. The van der Waals surface area contributed by atoms with Gasteiger partial charge in [0.15, 0.2) is 10.8 Å². The molecule has 140 valence electrons. The molecule has 2 aromatic rings. The smallest absolute Gasteiger partial charge is 0.236 e. The Kier molecular flexibility index (Phi) is 5.64. The maximum Gasteiger partial charge on any atom is 0.236 e. The second kappa shape index (κ2) is 8.30. The number of thiazole rings is 1. The number of nitrogens with zero attached hydrogens (tertiary/aromatic N) is 4. The number of amides is 1. The molecule has 2 aliphatic rings. The van der Waals surface area contributed by atoms with Crippen molar-refractivity contribution in [3.05, 3.63) is 29.5 Å². The summed E-state index contributed by atoms with van der Waals surface area (Å²) in [5, 5.41) is 3.03. The molecular weight excluding hydrogens is 352 g/mol. The molecule has 0 N–H and O–H groups in total. The highest BCUT2D eigenvalue weighted by Gasteiger charge is 2.23. The van der Waals surface area contributed by atoms with Crippen LogP contribution in [-0.4, -0.2) is 84.6 Å². The molecule has 7 nitrogen and oxygen atoms in total. The summed E-state index contributed by atoms with van der Waals surface area (Å²) in [6, 6.07) is 3.82. The van der Waals surface area contributed by atoms with E-state index in [4.69, 9.17) is 9.15 Å². The maximum absolute atomic E-state index is 12.4. The number of piperazine rings is 1. The normalized spacial score (nSPS) is 19.8. The van der Waals surface area contributed by atoms with Crippen molar-refractivity contribution in [2.45, 2.75) is 6.54 Å². The Morgan fingerprint density at radius 2 is 1.88 bits per heavy atom. The van der Waals surface area contributed by atoms with Gasteiger partial charge in [0.05, 0.1) is 31.7 Å². The zero-order chi connectivity index (χ0) is 17.8. The fraction of sp³-hybridized carbons (Fsp3) is 0.556. The number of hydrogen-bond donors (Lipinski definition) is 0. The minimum Gasteiger partial charge on any atom is -0.462 e. The summed E-state index contributed by atoms with van der Waals surface area (Å²) in [6.45, 7) is 7.90. The minimum atomic E-state index is 0.226. The van der Waals surface area contributed by atoms with Gasteiger partial charge in [-0.2, -0.15) is 0 Å². The zero-order valence-corrected chi connectivity index (χ0v) is 15.6. The van der Waals surface area contributed by atoms with Gasteiger partial charge in [-0.1, -0.05) is 0 Å². The maximum atomic E-state index is 12.4. The number of hydrogen-bond acceptors (Lipinski definition) is 7. The lowest BCUT2D eigenvalue weighted by Gasteiger charge is -2.35. The first-order chi connectivity index (χ1) is 12.8. The average molecular weight is 376 g/mol. The number of morpholine rings is 1. The fourth-order valence-electron chi connectivity index (χ4n) is 3.33. The molecule has 4 heterocycles. The van der Waals surface area contributed by atoms with Crippen LogP contribution in [0.15, 0.2) is 28.2 Å². The first kappa shape index (κ1) is 17.7. The van der Waals surface area contributed by atoms with Crippen molar-refractivity contribution < 1.29 is 13.9 Å². The van der Waals surface area contributed by atoms with Crippen LogP contribution >= 0.6 is 11.3 Å². The summed E-state index contributed by atoms with van der Waals surface area (Å²) in [5.41, 5.74) is 1.08. The molecule has 2 aromatic heterocycles. The molecule has 4 rings (SSSR count). The molecule has 2 fully saturated rings. The summed E-state index contributed by atoms with van der Waals surface area (Å²) < 4.78 is 10.7. The van der Waals surface area contributed by atoms with Gasteiger partial charge in [0.25, 0.3) is 0 Å². The summed E-state index contributed by atoms with van der Waals surface area (Å²) >= 11 is 1.62. The fourth-order valence-corrected chi connectivity index (χ4v) is 4.11. The lowest BCUT2D eigenvalue weighted by Crippen LogP contribution is -2.51. The van der Waals surface area contributed by atoms with Gasteiger partial charge in [0.2, 0.25) is 5.91 Å². The molecule has 26 heavy (non-hydrogen) atoms. The van der Waals surface area contributed by atoms with Gasteiger partial charge in [0.1, 0.15) is 0 Å². The number of ether oxygens (including phenoxy) is 1. The third-order valence-corrected chi connectivity index (χ3v) is 5.76. The van der Waals surface area contributed by atoms with E-state index in [1.807, 2.05) is 17.0 Å². The Morgan fingerprint density at radius 3 is 2.62 bits per heavy atom. The van der Waals surface area contributed by atoms with Crippen molar-refractivity contribution in [2.75, 3.05) is 59.0 Å². The second-order valence-electron chi connectivity index (χ2n) is 6.67. The standard InChI is InChI=1S/C18H24N4O3S/c23-17(22-7-10-24-11-8-22)13-21-5-3-20(4-6-21)12-15-14-26-18(19-15)16-2-1-9-25-16/h1-2,9,14H,3-8,10-13H2. The van der Waals surface area contributed by atoms with E-state index >= 15 is 0 Å². The van der Waals surface area contributed by atoms with Crippen LogP contribution < -0.4 is 0 Å². The van der Waals surface area contributed by atoms with Crippen molar-refractivity contribution in [1.82, 2.24) is 19.7 Å². The lowest BCUT2D eigenvalue weighted by molar-refractivity contribution is -0.136. The number of rotatable bonds is 5. The van der Waals surface area contributed by atoms with Crippen LogP contribution in [-0.2, 0) is 16.1 Å². The highest BCUT2D eigenvalue weighted by Crippen LogP contribution is 2.24. The topological polar surface area (TPSA) is 62.1 Å². The Labute approximate surface area is 157 Å². The first-order valence-electron chi connectivity index (χ1n) is 9.06. The van der Waals surface area contributed by atoms with Crippen LogP contribution in [0.1, 0.15) is 5.69 Å². The van der Waals surface area contributed by atoms with Crippen LogP contribution in [0, 0.1) is 0 Å². The van der Waals surface area contributed by atoms with Crippen LogP contribution in [0.2, 0.25) is 0 Å². The van der Waals surface area contributed by atoms with Crippen LogP contribution in [0.4, 0.5) is 0 Å². The molecule has 0 aliphatic carbocycles. The molecule has 0 atom stereocenters. The Morgan fingerprint density at radius 1 is 1.12 bits per heavy atom. The number of furan rings is 1. The van der Waals surface area contributed by atoms with E-state index in [0.717, 1.165) is 62.3 Å². The van der Waals surface area contributed by atoms with Crippen molar-refractivity contribution in [3.63, 3.8) is 0 Å². The van der Waals surface area contributed by atoms with E-state index in [-0.39, 0.29) is 5.91 Å². The second-order valence-corrected chi connectivity index (χ2v) is 7.52. The third-order valence-electron chi connectivity index (χ3n) is 4.86. The molecule has 2 aliphatic heterocycles. The van der Waals surface area contributed by atoms with Gasteiger partial charge in [-0.05, 0) is 12.1 Å². The van der Waals surface area contributed by atoms with Gasteiger partial charge < -0.3 is 14.1 Å². The lowest BCUT2D eigenvalue weighted by atomic mass is 10.3. The molecule has 0 aromatic carbocycles. The van der Waals surface area contributed by atoms with Crippen LogP contribution in [0.3, 0.4) is 0 Å². The zero-order valence-electron chi connectivity index (χ0n) is 14.8. The molecule has 8 heteroatoms. The van der Waals surface area contributed by atoms with Gasteiger partial charge >= 0.3 is 0 Å². The van der Waals surface area contributed by atoms with E-state index < -0.39 is 0 Å². The van der Waals surface area contributed by atoms with Crippen LogP contribution in [0.25, 0.3) is 10.8 Å². The average Bonchev–Trinajstić information content (AvgIpc) is 3.36. The quantitative estimate of drug-likeness (QED) is 0.786. The van der Waals surface area contributed by atoms with Crippen molar-refractivity contribution in [3.8, 4) is 10.8 Å². The largest absolute Gasteiger partial charge is 0.462 e. The van der Waals surface area contributed by atoms with Gasteiger partial charge in [-0.25, -0.2) is 4.98 Å². The third kappa shape index (κ3) is 4.32. The molecule has 0 radical (unpaired) electrons.